The molecule has 0 aliphatic heterocycles. The molecule has 1 N–H and O–H groups in total. The fourth-order valence-corrected chi connectivity index (χ4v) is 5.38. The Bertz CT molecular complexity index is 1300. The first-order valence-corrected chi connectivity index (χ1v) is 13.0. The Balaban J connectivity index is 2.04. The minimum Gasteiger partial charge on any atom is -0.357 e. The Morgan fingerprint density at radius 3 is 2.22 bits per heavy atom. The summed E-state index contributed by atoms with van der Waals surface area (Å²) in [6, 6.07) is 19.3. The van der Waals surface area contributed by atoms with Gasteiger partial charge in [-0.15, -0.1) is 0 Å². The third-order valence-corrected chi connectivity index (χ3v) is 7.58. The highest BCUT2D eigenvalue weighted by atomic mass is 32.2. The number of rotatable bonds is 10. The van der Waals surface area contributed by atoms with Gasteiger partial charge in [0.25, 0.3) is 10.0 Å². The average Bonchev–Trinajstić information content (AvgIpc) is 2.88. The topological polar surface area (TPSA) is 86.8 Å². The van der Waals surface area contributed by atoms with Gasteiger partial charge in [0.05, 0.1) is 10.6 Å². The van der Waals surface area contributed by atoms with Crippen molar-refractivity contribution in [2.45, 2.75) is 37.8 Å². The highest BCUT2D eigenvalue weighted by molar-refractivity contribution is 7.92. The van der Waals surface area contributed by atoms with Crippen molar-refractivity contribution in [1.82, 2.24) is 10.2 Å². The maximum atomic E-state index is 13.7. The van der Waals surface area contributed by atoms with Crippen LogP contribution in [0.4, 0.5) is 10.1 Å². The van der Waals surface area contributed by atoms with Gasteiger partial charge in [0.2, 0.25) is 11.8 Å². The smallest absolute Gasteiger partial charge is 0.264 e. The lowest BCUT2D eigenvalue weighted by Crippen LogP contribution is -2.51. The molecule has 0 spiro atoms. The molecule has 3 aromatic carbocycles. The van der Waals surface area contributed by atoms with Gasteiger partial charge in [0.15, 0.2) is 0 Å². The third-order valence-electron chi connectivity index (χ3n) is 5.79. The van der Waals surface area contributed by atoms with Crippen LogP contribution in [-0.2, 0) is 26.2 Å². The van der Waals surface area contributed by atoms with E-state index in [1.165, 1.54) is 36.2 Å². The van der Waals surface area contributed by atoms with Crippen LogP contribution in [-0.4, -0.2) is 44.8 Å². The molecular formula is C27H30FN3O4S. The van der Waals surface area contributed by atoms with E-state index >= 15 is 0 Å². The van der Waals surface area contributed by atoms with Crippen LogP contribution in [0.2, 0.25) is 0 Å². The quantitative estimate of drug-likeness (QED) is 0.448. The molecule has 2 amide bonds. The molecule has 0 aliphatic carbocycles. The van der Waals surface area contributed by atoms with E-state index in [1.807, 2.05) is 31.2 Å². The second-order valence-corrected chi connectivity index (χ2v) is 10.2. The largest absolute Gasteiger partial charge is 0.357 e. The summed E-state index contributed by atoms with van der Waals surface area (Å²) in [6.07, 6.45) is 0.333. The van der Waals surface area contributed by atoms with Gasteiger partial charge in [-0.25, -0.2) is 12.8 Å². The molecule has 9 heteroatoms. The molecular weight excluding hydrogens is 481 g/mol. The molecule has 0 aliphatic rings. The zero-order chi connectivity index (χ0) is 26.3. The first kappa shape index (κ1) is 26.9. The van der Waals surface area contributed by atoms with E-state index in [0.29, 0.717) is 6.42 Å². The second kappa shape index (κ2) is 11.8. The first-order valence-electron chi connectivity index (χ1n) is 11.6. The maximum Gasteiger partial charge on any atom is 0.264 e. The number of likely N-dealkylation sites (N-methyl/N-ethyl adjacent to an activating group) is 1. The van der Waals surface area contributed by atoms with Gasteiger partial charge < -0.3 is 10.2 Å². The molecule has 0 fully saturated rings. The highest BCUT2D eigenvalue weighted by Crippen LogP contribution is 2.25. The molecule has 3 aromatic rings. The number of amides is 2. The van der Waals surface area contributed by atoms with Gasteiger partial charge in [-0.05, 0) is 55.3 Å². The van der Waals surface area contributed by atoms with E-state index in [-0.39, 0.29) is 23.0 Å². The Labute approximate surface area is 211 Å². The fourth-order valence-electron chi connectivity index (χ4n) is 3.95. The normalized spacial score (nSPS) is 12.0. The van der Waals surface area contributed by atoms with Crippen molar-refractivity contribution in [2.75, 3.05) is 17.9 Å². The number of nitrogens with zero attached hydrogens (tertiary/aromatic N) is 2. The monoisotopic (exact) mass is 511 g/mol. The van der Waals surface area contributed by atoms with Crippen LogP contribution in [0, 0.1) is 12.7 Å². The van der Waals surface area contributed by atoms with Crippen molar-refractivity contribution in [3.63, 3.8) is 0 Å². The Morgan fingerprint density at radius 2 is 1.64 bits per heavy atom. The van der Waals surface area contributed by atoms with Gasteiger partial charge in [-0.3, -0.25) is 13.9 Å². The molecule has 36 heavy (non-hydrogen) atoms. The van der Waals surface area contributed by atoms with Crippen LogP contribution < -0.4 is 9.62 Å². The SMILES string of the molecule is CC[C@H](C(=O)NC)N(Cc1cccc(C)c1)C(=O)CN(c1ccc(F)cc1)S(=O)(=O)c1ccccc1. The third kappa shape index (κ3) is 6.28. The lowest BCUT2D eigenvalue weighted by Gasteiger charge is -2.33. The molecule has 0 unspecified atom stereocenters. The number of sulfonamides is 1. The summed E-state index contributed by atoms with van der Waals surface area (Å²) in [6.45, 7) is 3.26. The summed E-state index contributed by atoms with van der Waals surface area (Å²) in [5.41, 5.74) is 1.94. The maximum absolute atomic E-state index is 13.7. The lowest BCUT2D eigenvalue weighted by atomic mass is 10.1. The zero-order valence-electron chi connectivity index (χ0n) is 20.5. The van der Waals surface area contributed by atoms with Crippen LogP contribution in [0.15, 0.2) is 83.8 Å². The standard InChI is InChI=1S/C27H30FN3O4S/c1-4-25(27(33)29-3)30(18-21-10-8-9-20(2)17-21)26(32)19-31(23-15-13-22(28)14-16-23)36(34,35)24-11-6-5-7-12-24/h5-17,25H,4,18-19H2,1-3H3,(H,29,33)/t25-/m1/s1. The minimum atomic E-state index is -4.17. The van der Waals surface area contributed by atoms with E-state index in [2.05, 4.69) is 5.32 Å². The zero-order valence-corrected chi connectivity index (χ0v) is 21.3. The highest BCUT2D eigenvalue weighted by Gasteiger charge is 2.33. The Kier molecular flexibility index (Phi) is 8.82. The summed E-state index contributed by atoms with van der Waals surface area (Å²) in [5.74, 6) is -1.44. The van der Waals surface area contributed by atoms with Crippen molar-refractivity contribution in [1.29, 1.82) is 0 Å². The molecule has 0 saturated carbocycles. The summed E-state index contributed by atoms with van der Waals surface area (Å²) < 4.78 is 41.8. The van der Waals surface area contributed by atoms with Crippen molar-refractivity contribution >= 4 is 27.5 Å². The van der Waals surface area contributed by atoms with Crippen LogP contribution in [0.25, 0.3) is 0 Å². The van der Waals surface area contributed by atoms with Crippen molar-refractivity contribution in [3.05, 3.63) is 95.8 Å². The van der Waals surface area contributed by atoms with Gasteiger partial charge in [-0.2, -0.15) is 0 Å². The second-order valence-electron chi connectivity index (χ2n) is 8.35. The lowest BCUT2D eigenvalue weighted by molar-refractivity contribution is -0.140. The fraction of sp³-hybridized carbons (Fsp3) is 0.259. The number of anilines is 1. The Morgan fingerprint density at radius 1 is 0.972 bits per heavy atom. The van der Waals surface area contributed by atoms with Crippen LogP contribution in [0.5, 0.6) is 0 Å². The van der Waals surface area contributed by atoms with Crippen molar-refractivity contribution in [3.8, 4) is 0 Å². The number of halogens is 1. The molecule has 0 saturated heterocycles. The van der Waals surface area contributed by atoms with E-state index in [0.717, 1.165) is 27.6 Å². The number of carbonyl (C=O) groups is 2. The van der Waals surface area contributed by atoms with Gasteiger partial charge in [0, 0.05) is 13.6 Å². The summed E-state index contributed by atoms with van der Waals surface area (Å²) in [4.78, 5) is 27.8. The summed E-state index contributed by atoms with van der Waals surface area (Å²) in [7, 11) is -2.68. The predicted octanol–water partition coefficient (Wildman–Crippen LogP) is 3.88. The van der Waals surface area contributed by atoms with E-state index in [9.17, 15) is 22.4 Å². The number of benzene rings is 3. The van der Waals surface area contributed by atoms with Crippen molar-refractivity contribution in [2.24, 2.45) is 0 Å². The average molecular weight is 512 g/mol. The van der Waals surface area contributed by atoms with Crippen molar-refractivity contribution < 1.29 is 22.4 Å². The Hall–Kier alpha value is -3.72. The molecule has 0 heterocycles. The molecule has 3 rings (SSSR count). The number of aryl methyl sites for hydroxylation is 1. The van der Waals surface area contributed by atoms with E-state index in [1.54, 1.807) is 25.1 Å². The first-order chi connectivity index (χ1) is 17.2. The van der Waals surface area contributed by atoms with Gasteiger partial charge >= 0.3 is 0 Å². The van der Waals surface area contributed by atoms with Crippen LogP contribution in [0.3, 0.4) is 0 Å². The van der Waals surface area contributed by atoms with Gasteiger partial charge in [-0.1, -0.05) is 55.0 Å². The molecule has 0 bridgehead atoms. The number of nitrogens with one attached hydrogen (secondary N) is 1. The number of hydrogen-bond acceptors (Lipinski definition) is 4. The molecule has 0 aromatic heterocycles. The van der Waals surface area contributed by atoms with Gasteiger partial charge in [0.1, 0.15) is 18.4 Å². The molecule has 7 nitrogen and oxygen atoms in total. The van der Waals surface area contributed by atoms with E-state index < -0.39 is 34.3 Å². The van der Waals surface area contributed by atoms with Crippen LogP contribution >= 0.6 is 0 Å². The summed E-state index contributed by atoms with van der Waals surface area (Å²) >= 11 is 0. The predicted molar refractivity (Wildman–Crippen MR) is 137 cm³/mol. The molecule has 190 valence electrons. The molecule has 1 atom stereocenters. The number of carbonyl (C=O) groups excluding carboxylic acids is 2. The minimum absolute atomic E-state index is 0.00861. The molecule has 0 radical (unpaired) electrons. The van der Waals surface area contributed by atoms with Crippen LogP contribution in [0.1, 0.15) is 24.5 Å². The summed E-state index contributed by atoms with van der Waals surface area (Å²) in [5, 5.41) is 2.59. The van der Waals surface area contributed by atoms with E-state index in [4.69, 9.17) is 0 Å². The number of hydrogen-bond donors (Lipinski definition) is 1.